The van der Waals surface area contributed by atoms with Crippen LogP contribution in [0.15, 0.2) is 42.6 Å². The van der Waals surface area contributed by atoms with Gasteiger partial charge in [-0.05, 0) is 11.4 Å². The minimum absolute atomic E-state index is 0.121. The number of nitrogens with zero attached hydrogens (tertiary/aromatic N) is 5. The van der Waals surface area contributed by atoms with Crippen LogP contribution in [0.3, 0.4) is 0 Å². The molecular weight excluding hydrogens is 402 g/mol. The highest BCUT2D eigenvalue weighted by molar-refractivity contribution is 7.13. The van der Waals surface area contributed by atoms with Gasteiger partial charge in [-0.3, -0.25) is 19.1 Å². The van der Waals surface area contributed by atoms with E-state index in [0.29, 0.717) is 0 Å². The molecule has 4 rings (SSSR count). The molecule has 0 spiro atoms. The Morgan fingerprint density at radius 3 is 2.93 bits per heavy atom. The molecule has 0 saturated heterocycles. The molecule has 2 N–H and O–H groups in total. The number of hydrogen-bond acceptors (Lipinski definition) is 8. The van der Waals surface area contributed by atoms with Crippen molar-refractivity contribution in [2.24, 2.45) is 7.05 Å². The van der Waals surface area contributed by atoms with Crippen molar-refractivity contribution in [2.45, 2.75) is 13.1 Å². The van der Waals surface area contributed by atoms with Crippen molar-refractivity contribution >= 4 is 28.4 Å². The fourth-order valence-corrected chi connectivity index (χ4v) is 3.41. The molecule has 4 aromatic rings. The van der Waals surface area contributed by atoms with Crippen molar-refractivity contribution in [3.8, 4) is 10.8 Å². The second-order valence-corrected chi connectivity index (χ2v) is 7.03. The number of H-pyrrole nitrogens is 1. The summed E-state index contributed by atoms with van der Waals surface area (Å²) in [5.41, 5.74) is -0.904. The zero-order valence-electron chi connectivity index (χ0n) is 15.1. The zero-order chi connectivity index (χ0) is 20.5. The molecule has 12 nitrogen and oxygen atoms in total. The molecule has 4 aromatic heterocycles. The number of aromatic amines is 1. The molecule has 0 bridgehead atoms. The van der Waals surface area contributed by atoms with Crippen molar-refractivity contribution in [1.82, 2.24) is 34.2 Å². The molecule has 13 heteroatoms. The van der Waals surface area contributed by atoms with E-state index in [1.165, 1.54) is 33.8 Å². The first-order valence-corrected chi connectivity index (χ1v) is 9.34. The Bertz CT molecular complexity index is 1350. The van der Waals surface area contributed by atoms with E-state index in [2.05, 4.69) is 20.4 Å². The first-order chi connectivity index (χ1) is 13.9. The number of imidazole rings is 1. The lowest BCUT2D eigenvalue weighted by atomic mass is 10.4. The van der Waals surface area contributed by atoms with Gasteiger partial charge in [0.1, 0.15) is 6.54 Å². The van der Waals surface area contributed by atoms with E-state index in [4.69, 9.17) is 4.42 Å². The normalized spacial score (nSPS) is 11.2. The Kier molecular flexibility index (Phi) is 4.72. The number of amides is 1. The molecule has 150 valence electrons. The van der Waals surface area contributed by atoms with Crippen LogP contribution < -0.4 is 22.3 Å². The molecule has 0 aliphatic heterocycles. The van der Waals surface area contributed by atoms with Crippen molar-refractivity contribution in [3.05, 3.63) is 55.2 Å². The van der Waals surface area contributed by atoms with Gasteiger partial charge < -0.3 is 14.3 Å². The number of fused-ring (bicyclic) bond motifs is 1. The fraction of sp³-hybridized carbons (Fsp3) is 0.250. The maximum Gasteiger partial charge on any atom is 0.437 e. The van der Waals surface area contributed by atoms with Crippen molar-refractivity contribution in [3.63, 3.8) is 0 Å². The summed E-state index contributed by atoms with van der Waals surface area (Å²) in [6.07, 6.45) is 1.31. The predicted molar refractivity (Wildman–Crippen MR) is 103 cm³/mol. The van der Waals surface area contributed by atoms with Crippen molar-refractivity contribution < 1.29 is 9.21 Å². The van der Waals surface area contributed by atoms with Crippen LogP contribution in [-0.2, 0) is 24.9 Å². The third-order valence-electron chi connectivity index (χ3n) is 4.17. The fourth-order valence-electron chi connectivity index (χ4n) is 2.76. The van der Waals surface area contributed by atoms with Crippen molar-refractivity contribution in [1.29, 1.82) is 0 Å². The maximum absolute atomic E-state index is 12.2. The number of rotatable bonds is 6. The lowest BCUT2D eigenvalue weighted by molar-refractivity contribution is -0.121. The maximum atomic E-state index is 12.2. The highest BCUT2D eigenvalue weighted by Crippen LogP contribution is 2.20. The van der Waals surface area contributed by atoms with Gasteiger partial charge in [-0.15, -0.1) is 16.4 Å². The van der Waals surface area contributed by atoms with E-state index < -0.39 is 22.9 Å². The molecule has 0 aliphatic rings. The van der Waals surface area contributed by atoms with Gasteiger partial charge >= 0.3 is 11.4 Å². The first kappa shape index (κ1) is 18.6. The van der Waals surface area contributed by atoms with Gasteiger partial charge in [0.15, 0.2) is 11.2 Å². The van der Waals surface area contributed by atoms with Gasteiger partial charge in [-0.25, -0.2) is 14.6 Å². The number of carbonyl (C=O) groups is 1. The van der Waals surface area contributed by atoms with E-state index in [0.717, 1.165) is 9.56 Å². The Hall–Kier alpha value is -3.74. The van der Waals surface area contributed by atoms with E-state index in [9.17, 15) is 19.2 Å². The van der Waals surface area contributed by atoms with Gasteiger partial charge in [0, 0.05) is 13.6 Å². The molecule has 0 atom stereocenters. The number of thiophene rings is 1. The summed E-state index contributed by atoms with van der Waals surface area (Å²) < 4.78 is 8.76. The quantitative estimate of drug-likeness (QED) is 0.413. The van der Waals surface area contributed by atoms with Crippen LogP contribution >= 0.6 is 11.3 Å². The Balaban J connectivity index is 1.41. The third-order valence-corrected chi connectivity index (χ3v) is 5.03. The average molecular weight is 417 g/mol. The van der Waals surface area contributed by atoms with Crippen LogP contribution in [0.1, 0.15) is 0 Å². The molecule has 0 unspecified atom stereocenters. The molecule has 0 aromatic carbocycles. The summed E-state index contributed by atoms with van der Waals surface area (Å²) in [5, 5.41) is 8.59. The summed E-state index contributed by atoms with van der Waals surface area (Å²) >= 11 is 1.40. The zero-order valence-corrected chi connectivity index (χ0v) is 15.9. The topological polar surface area (TPSA) is 150 Å². The number of hydrogen-bond donors (Lipinski definition) is 2. The van der Waals surface area contributed by atoms with Crippen LogP contribution in [0.2, 0.25) is 0 Å². The van der Waals surface area contributed by atoms with Crippen LogP contribution in [-0.4, -0.2) is 41.3 Å². The summed E-state index contributed by atoms with van der Waals surface area (Å²) in [6, 6.07) is 3.61. The minimum atomic E-state index is -0.622. The standard InChI is InChI=1S/C16H15N7O5S/c1-21-12-11(13(25)19-15(21)26)22(8-18-12)7-10(24)17-4-5-23-16(27)28-14(20-23)9-3-2-6-29-9/h2-3,6,8H,4-5,7H2,1H3,(H,17,24)(H,19,25,26). The summed E-state index contributed by atoms with van der Waals surface area (Å²) in [5.74, 6) is -0.783. The largest absolute Gasteiger partial charge is 0.437 e. The van der Waals surface area contributed by atoms with Gasteiger partial charge in [-0.1, -0.05) is 6.07 Å². The van der Waals surface area contributed by atoms with E-state index in [1.54, 1.807) is 6.07 Å². The van der Waals surface area contributed by atoms with Gasteiger partial charge in [0.2, 0.25) is 5.91 Å². The molecular formula is C16H15N7O5S. The molecule has 29 heavy (non-hydrogen) atoms. The molecule has 0 fully saturated rings. The van der Waals surface area contributed by atoms with Gasteiger partial charge in [0.05, 0.1) is 17.7 Å². The third kappa shape index (κ3) is 3.54. The van der Waals surface area contributed by atoms with E-state index in [1.807, 2.05) is 11.4 Å². The first-order valence-electron chi connectivity index (χ1n) is 8.46. The number of aryl methyl sites for hydroxylation is 1. The number of carbonyl (C=O) groups excluding carboxylic acids is 1. The molecule has 0 aliphatic carbocycles. The summed E-state index contributed by atoms with van der Waals surface area (Å²) in [7, 11) is 1.47. The highest BCUT2D eigenvalue weighted by Gasteiger charge is 2.14. The minimum Gasteiger partial charge on any atom is -0.387 e. The average Bonchev–Trinajstić information content (AvgIpc) is 3.40. The van der Waals surface area contributed by atoms with Crippen LogP contribution in [0, 0.1) is 0 Å². The molecule has 0 radical (unpaired) electrons. The summed E-state index contributed by atoms with van der Waals surface area (Å²) in [4.78, 5) is 54.6. The lowest BCUT2D eigenvalue weighted by Crippen LogP contribution is -2.33. The van der Waals surface area contributed by atoms with Crippen LogP contribution in [0.25, 0.3) is 21.9 Å². The Morgan fingerprint density at radius 1 is 1.34 bits per heavy atom. The van der Waals surface area contributed by atoms with Crippen LogP contribution in [0.4, 0.5) is 0 Å². The van der Waals surface area contributed by atoms with Crippen LogP contribution in [0.5, 0.6) is 0 Å². The second kappa shape index (κ2) is 7.35. The Morgan fingerprint density at radius 2 is 2.17 bits per heavy atom. The van der Waals surface area contributed by atoms with Crippen molar-refractivity contribution in [2.75, 3.05) is 6.54 Å². The number of nitrogens with one attached hydrogen (secondary N) is 2. The second-order valence-electron chi connectivity index (χ2n) is 6.09. The highest BCUT2D eigenvalue weighted by atomic mass is 32.1. The molecule has 4 heterocycles. The van der Waals surface area contributed by atoms with E-state index in [-0.39, 0.29) is 36.7 Å². The van der Waals surface area contributed by atoms with Gasteiger partial charge in [-0.2, -0.15) is 4.68 Å². The lowest BCUT2D eigenvalue weighted by Gasteiger charge is -2.06. The molecule has 1 amide bonds. The molecule has 0 saturated carbocycles. The van der Waals surface area contributed by atoms with E-state index >= 15 is 0 Å². The number of aromatic nitrogens is 6. The predicted octanol–water partition coefficient (Wildman–Crippen LogP) is -0.882. The van der Waals surface area contributed by atoms with Gasteiger partial charge in [0.25, 0.3) is 11.4 Å². The summed E-state index contributed by atoms with van der Waals surface area (Å²) in [6.45, 7) is 0.0851. The SMILES string of the molecule is Cn1c(=O)[nH]c(=O)c2c1ncn2CC(=O)NCCn1nc(-c2cccs2)oc1=O. The Labute approximate surface area is 165 Å². The monoisotopic (exact) mass is 417 g/mol. The smallest absolute Gasteiger partial charge is 0.387 e.